The molecule has 1 aliphatic heterocycles. The van der Waals surface area contributed by atoms with Gasteiger partial charge in [0.05, 0.1) is 0 Å². The average molecular weight is 297 g/mol. The Hall–Kier alpha value is -1.47. The standard InChI is InChI=1S/C13H19N3O3S/c1-8(16-5-3-4-6-16)7-14-13-15-10(12(18)19)11(20-13)9(2)17/h8H,3-7H2,1-2H3,(H,14,15)(H,18,19). The third kappa shape index (κ3) is 3.34. The number of hydrogen-bond acceptors (Lipinski definition) is 6. The van der Waals surface area contributed by atoms with Gasteiger partial charge in [0.25, 0.3) is 0 Å². The molecule has 0 aliphatic carbocycles. The van der Waals surface area contributed by atoms with Crippen LogP contribution in [0.2, 0.25) is 0 Å². The van der Waals surface area contributed by atoms with Crippen LogP contribution in [0.4, 0.5) is 5.13 Å². The van der Waals surface area contributed by atoms with Gasteiger partial charge in [0.15, 0.2) is 16.6 Å². The molecule has 1 fully saturated rings. The molecule has 0 aromatic carbocycles. The Morgan fingerprint density at radius 3 is 2.60 bits per heavy atom. The Morgan fingerprint density at radius 1 is 1.45 bits per heavy atom. The van der Waals surface area contributed by atoms with Gasteiger partial charge in [-0.15, -0.1) is 0 Å². The van der Waals surface area contributed by atoms with E-state index in [1.165, 1.54) is 19.8 Å². The number of rotatable bonds is 6. The van der Waals surface area contributed by atoms with E-state index in [0.29, 0.717) is 17.7 Å². The molecule has 1 aliphatic rings. The van der Waals surface area contributed by atoms with E-state index in [4.69, 9.17) is 5.11 Å². The number of nitrogens with zero attached hydrogens (tertiary/aromatic N) is 2. The maximum atomic E-state index is 11.4. The van der Waals surface area contributed by atoms with Gasteiger partial charge in [-0.25, -0.2) is 9.78 Å². The number of aromatic nitrogens is 1. The molecule has 20 heavy (non-hydrogen) atoms. The van der Waals surface area contributed by atoms with Crippen molar-refractivity contribution >= 4 is 28.2 Å². The summed E-state index contributed by atoms with van der Waals surface area (Å²) >= 11 is 1.11. The molecule has 2 N–H and O–H groups in total. The predicted molar refractivity (Wildman–Crippen MR) is 77.8 cm³/mol. The van der Waals surface area contributed by atoms with Gasteiger partial charge in [0, 0.05) is 19.5 Å². The zero-order chi connectivity index (χ0) is 14.7. The summed E-state index contributed by atoms with van der Waals surface area (Å²) in [5, 5.41) is 12.7. The number of carboxylic acid groups (broad SMARTS) is 1. The summed E-state index contributed by atoms with van der Waals surface area (Å²) in [6.45, 7) is 6.41. The number of aromatic carboxylic acids is 1. The van der Waals surface area contributed by atoms with Gasteiger partial charge < -0.3 is 10.4 Å². The molecule has 6 nitrogen and oxygen atoms in total. The van der Waals surface area contributed by atoms with Crippen LogP contribution in [0.25, 0.3) is 0 Å². The summed E-state index contributed by atoms with van der Waals surface area (Å²) in [6, 6.07) is 0.371. The van der Waals surface area contributed by atoms with Crippen molar-refractivity contribution in [3.8, 4) is 0 Å². The predicted octanol–water partition coefficient (Wildman–Crippen LogP) is 1.94. The highest BCUT2D eigenvalue weighted by molar-refractivity contribution is 7.17. The molecule has 110 valence electrons. The lowest BCUT2D eigenvalue weighted by atomic mass is 10.3. The normalized spacial score (nSPS) is 17.1. The average Bonchev–Trinajstić information content (AvgIpc) is 3.05. The summed E-state index contributed by atoms with van der Waals surface area (Å²) in [4.78, 5) is 29.0. The van der Waals surface area contributed by atoms with Gasteiger partial charge in [-0.1, -0.05) is 11.3 Å². The zero-order valence-corrected chi connectivity index (χ0v) is 12.5. The fourth-order valence-electron chi connectivity index (χ4n) is 2.33. The second kappa shape index (κ2) is 6.32. The highest BCUT2D eigenvalue weighted by Gasteiger charge is 2.22. The SMILES string of the molecule is CC(=O)c1sc(NCC(C)N2CCCC2)nc1C(=O)O. The van der Waals surface area contributed by atoms with E-state index in [0.717, 1.165) is 24.4 Å². The molecular weight excluding hydrogens is 278 g/mol. The Morgan fingerprint density at radius 2 is 2.10 bits per heavy atom. The van der Waals surface area contributed by atoms with Crippen molar-refractivity contribution in [1.82, 2.24) is 9.88 Å². The second-order valence-corrected chi connectivity index (χ2v) is 6.03. The number of nitrogens with one attached hydrogen (secondary N) is 1. The fraction of sp³-hybridized carbons (Fsp3) is 0.615. The van der Waals surface area contributed by atoms with Crippen molar-refractivity contribution in [2.45, 2.75) is 32.7 Å². The van der Waals surface area contributed by atoms with Gasteiger partial charge in [-0.3, -0.25) is 9.69 Å². The molecule has 0 spiro atoms. The molecule has 2 heterocycles. The molecule has 1 saturated heterocycles. The van der Waals surface area contributed by atoms with E-state index in [1.807, 2.05) is 0 Å². The lowest BCUT2D eigenvalue weighted by Crippen LogP contribution is -2.35. The van der Waals surface area contributed by atoms with Crippen LogP contribution >= 0.6 is 11.3 Å². The van der Waals surface area contributed by atoms with Crippen LogP contribution in [0.3, 0.4) is 0 Å². The lowest BCUT2D eigenvalue weighted by molar-refractivity contribution is 0.0687. The first-order chi connectivity index (χ1) is 9.49. The van der Waals surface area contributed by atoms with Crippen LogP contribution in [0.5, 0.6) is 0 Å². The molecule has 7 heteroatoms. The topological polar surface area (TPSA) is 82.5 Å². The van der Waals surface area contributed by atoms with E-state index in [-0.39, 0.29) is 16.4 Å². The number of Topliss-reactive ketones (excluding diaryl/α,β-unsaturated/α-hetero) is 1. The third-order valence-corrected chi connectivity index (χ3v) is 4.58. The Labute approximate surface area is 121 Å². The molecule has 1 aromatic rings. The van der Waals surface area contributed by atoms with Crippen LogP contribution < -0.4 is 5.32 Å². The molecule has 1 atom stereocenters. The van der Waals surface area contributed by atoms with Crippen molar-refractivity contribution in [2.24, 2.45) is 0 Å². The van der Waals surface area contributed by atoms with Crippen LogP contribution in [0.15, 0.2) is 0 Å². The van der Waals surface area contributed by atoms with Gasteiger partial charge in [-0.05, 0) is 32.9 Å². The van der Waals surface area contributed by atoms with Crippen LogP contribution in [0, 0.1) is 0 Å². The third-order valence-electron chi connectivity index (χ3n) is 3.46. The summed E-state index contributed by atoms with van der Waals surface area (Å²) in [5.74, 6) is -1.42. The molecule has 1 aromatic heterocycles. The van der Waals surface area contributed by atoms with Crippen molar-refractivity contribution in [3.05, 3.63) is 10.6 Å². The minimum absolute atomic E-state index is 0.154. The molecule has 1 unspecified atom stereocenters. The van der Waals surface area contributed by atoms with Crippen molar-refractivity contribution in [1.29, 1.82) is 0 Å². The lowest BCUT2D eigenvalue weighted by Gasteiger charge is -2.23. The number of hydrogen-bond donors (Lipinski definition) is 2. The smallest absolute Gasteiger partial charge is 0.356 e. The van der Waals surface area contributed by atoms with Crippen LogP contribution in [-0.4, -0.2) is 52.4 Å². The van der Waals surface area contributed by atoms with E-state index < -0.39 is 5.97 Å². The minimum atomic E-state index is -1.16. The van der Waals surface area contributed by atoms with Crippen LogP contribution in [-0.2, 0) is 0 Å². The Bertz CT molecular complexity index is 477. The van der Waals surface area contributed by atoms with Gasteiger partial charge in [0.1, 0.15) is 4.88 Å². The summed E-state index contributed by atoms with van der Waals surface area (Å²) in [5.41, 5.74) is -0.154. The monoisotopic (exact) mass is 297 g/mol. The highest BCUT2D eigenvalue weighted by Crippen LogP contribution is 2.24. The van der Waals surface area contributed by atoms with Crippen molar-refractivity contribution < 1.29 is 14.7 Å². The molecule has 0 bridgehead atoms. The Kier molecular flexibility index (Phi) is 4.72. The molecule has 2 rings (SSSR count). The summed E-state index contributed by atoms with van der Waals surface area (Å²) in [6.07, 6.45) is 2.47. The second-order valence-electron chi connectivity index (χ2n) is 5.03. The first kappa shape index (κ1) is 14.9. The fourth-order valence-corrected chi connectivity index (χ4v) is 3.18. The quantitative estimate of drug-likeness (QED) is 0.781. The van der Waals surface area contributed by atoms with Gasteiger partial charge >= 0.3 is 5.97 Å². The number of ketones is 1. The van der Waals surface area contributed by atoms with E-state index in [9.17, 15) is 9.59 Å². The first-order valence-corrected chi connectivity index (χ1v) is 7.53. The molecule has 0 radical (unpaired) electrons. The van der Waals surface area contributed by atoms with E-state index >= 15 is 0 Å². The number of likely N-dealkylation sites (tertiary alicyclic amines) is 1. The maximum Gasteiger partial charge on any atom is 0.356 e. The number of carbonyl (C=O) groups is 2. The highest BCUT2D eigenvalue weighted by atomic mass is 32.1. The number of carbonyl (C=O) groups excluding carboxylic acids is 1. The molecule has 0 amide bonds. The van der Waals surface area contributed by atoms with Crippen molar-refractivity contribution in [3.63, 3.8) is 0 Å². The van der Waals surface area contributed by atoms with Crippen molar-refractivity contribution in [2.75, 3.05) is 25.0 Å². The summed E-state index contributed by atoms with van der Waals surface area (Å²) < 4.78 is 0. The largest absolute Gasteiger partial charge is 0.476 e. The zero-order valence-electron chi connectivity index (χ0n) is 11.7. The maximum absolute atomic E-state index is 11.4. The van der Waals surface area contributed by atoms with E-state index in [1.54, 1.807) is 0 Å². The number of thiazole rings is 1. The van der Waals surface area contributed by atoms with E-state index in [2.05, 4.69) is 22.1 Å². The molecule has 0 saturated carbocycles. The number of anilines is 1. The summed E-state index contributed by atoms with van der Waals surface area (Å²) in [7, 11) is 0. The number of carboxylic acids is 1. The van der Waals surface area contributed by atoms with Gasteiger partial charge in [0.2, 0.25) is 0 Å². The first-order valence-electron chi connectivity index (χ1n) is 6.72. The minimum Gasteiger partial charge on any atom is -0.476 e. The van der Waals surface area contributed by atoms with Crippen LogP contribution in [0.1, 0.15) is 46.8 Å². The Balaban J connectivity index is 2.00. The van der Waals surface area contributed by atoms with Gasteiger partial charge in [-0.2, -0.15) is 0 Å². The molecular formula is C13H19N3O3S.